The predicted octanol–water partition coefficient (Wildman–Crippen LogP) is 3.04. The highest BCUT2D eigenvalue weighted by molar-refractivity contribution is 6.06. The summed E-state index contributed by atoms with van der Waals surface area (Å²) in [5, 5.41) is 0.670. The number of hydrogen-bond acceptors (Lipinski definition) is 5. The minimum Gasteiger partial charge on any atom is -0.373 e. The largest absolute Gasteiger partial charge is 0.373 e. The summed E-state index contributed by atoms with van der Waals surface area (Å²) in [7, 11) is 6.00. The Bertz CT molecular complexity index is 1290. The van der Waals surface area contributed by atoms with Crippen LogP contribution >= 0.6 is 0 Å². The molecule has 0 atom stereocenters. The Hall–Kier alpha value is -3.45. The van der Waals surface area contributed by atoms with Crippen LogP contribution < -0.4 is 16.1 Å². The van der Waals surface area contributed by atoms with Crippen LogP contribution in [-0.2, 0) is 13.0 Å². The molecule has 0 aliphatic carbocycles. The number of rotatable bonds is 7. The molecule has 2 N–H and O–H groups in total. The molecule has 0 fully saturated rings. The van der Waals surface area contributed by atoms with Gasteiger partial charge in [-0.2, -0.15) is 0 Å². The van der Waals surface area contributed by atoms with E-state index >= 15 is 0 Å². The smallest absolute Gasteiger partial charge is 0.251 e. The van der Waals surface area contributed by atoms with Gasteiger partial charge in [0, 0.05) is 62.5 Å². The number of carbonyl (C=O) groups is 1. The lowest BCUT2D eigenvalue weighted by molar-refractivity contribution is 0.1000. The van der Waals surface area contributed by atoms with Gasteiger partial charge < -0.3 is 20.1 Å². The fourth-order valence-electron chi connectivity index (χ4n) is 4.31. The van der Waals surface area contributed by atoms with Crippen molar-refractivity contribution in [3.05, 3.63) is 57.9 Å². The molecule has 1 aliphatic heterocycles. The van der Waals surface area contributed by atoms with Crippen LogP contribution in [0.2, 0.25) is 0 Å². The Morgan fingerprint density at radius 1 is 1.16 bits per heavy atom. The van der Waals surface area contributed by atoms with E-state index in [0.29, 0.717) is 17.4 Å². The lowest BCUT2D eigenvalue weighted by Gasteiger charge is -2.26. The van der Waals surface area contributed by atoms with E-state index in [4.69, 9.17) is 5.73 Å². The number of benzene rings is 2. The van der Waals surface area contributed by atoms with Crippen molar-refractivity contribution < 1.29 is 4.79 Å². The molecule has 166 valence electrons. The molecule has 7 heteroatoms. The first-order valence-corrected chi connectivity index (χ1v) is 10.8. The highest BCUT2D eigenvalue weighted by atomic mass is 16.1. The van der Waals surface area contributed by atoms with E-state index in [2.05, 4.69) is 26.3 Å². The van der Waals surface area contributed by atoms with Crippen molar-refractivity contribution in [2.45, 2.75) is 19.9 Å². The van der Waals surface area contributed by atoms with Crippen molar-refractivity contribution in [1.82, 2.24) is 9.47 Å². The first kappa shape index (κ1) is 21.8. The number of aryl methyl sites for hydroxylation is 1. The highest BCUT2D eigenvalue weighted by Gasteiger charge is 2.25. The van der Waals surface area contributed by atoms with Crippen LogP contribution in [-0.4, -0.2) is 55.8 Å². The van der Waals surface area contributed by atoms with Gasteiger partial charge in [-0.3, -0.25) is 14.6 Å². The summed E-state index contributed by atoms with van der Waals surface area (Å²) in [6, 6.07) is 9.53. The summed E-state index contributed by atoms with van der Waals surface area (Å²) in [5.41, 5.74) is 11.4. The van der Waals surface area contributed by atoms with E-state index in [9.17, 15) is 9.59 Å². The van der Waals surface area contributed by atoms with Gasteiger partial charge in [0.1, 0.15) is 0 Å². The zero-order valence-electron chi connectivity index (χ0n) is 19.1. The van der Waals surface area contributed by atoms with E-state index in [0.717, 1.165) is 53.2 Å². The number of nitrogens with two attached hydrogens (primary N) is 1. The Morgan fingerprint density at radius 2 is 1.94 bits per heavy atom. The highest BCUT2D eigenvalue weighted by Crippen LogP contribution is 2.43. The first-order chi connectivity index (χ1) is 15.3. The van der Waals surface area contributed by atoms with Crippen LogP contribution in [0, 0.1) is 0 Å². The molecule has 3 aromatic rings. The normalized spacial score (nSPS) is 12.5. The second kappa shape index (κ2) is 8.59. The maximum atomic E-state index is 12.6. The number of hydrogen-bond donors (Lipinski definition) is 1. The van der Waals surface area contributed by atoms with Crippen molar-refractivity contribution in [3.8, 4) is 11.1 Å². The molecule has 0 unspecified atom stereocenters. The number of primary amides is 1. The standard InChI is InChI=1S/C25H29N5O2/c1-5-30-11-9-22(31)19-14-16(6-7-20(19)30)18-15-21(29(4)13-12-28(2)3)23(25(26)32)17-8-10-27-24(17)18/h6-7,9-11,14-15H,5,8,12-13H2,1-4H3,(H2,26,32). The molecule has 0 radical (unpaired) electrons. The van der Waals surface area contributed by atoms with Crippen LogP contribution in [0.25, 0.3) is 22.0 Å². The number of pyridine rings is 1. The Balaban J connectivity index is 1.93. The van der Waals surface area contributed by atoms with Gasteiger partial charge in [0.2, 0.25) is 0 Å². The van der Waals surface area contributed by atoms with Gasteiger partial charge in [-0.1, -0.05) is 6.07 Å². The number of likely N-dealkylation sites (N-methyl/N-ethyl adjacent to an activating group) is 2. The van der Waals surface area contributed by atoms with Crippen LogP contribution in [0.5, 0.6) is 0 Å². The van der Waals surface area contributed by atoms with Crippen molar-refractivity contribution in [1.29, 1.82) is 0 Å². The lowest BCUT2D eigenvalue weighted by atomic mass is 9.92. The summed E-state index contributed by atoms with van der Waals surface area (Å²) in [6.07, 6.45) is 4.20. The fraction of sp³-hybridized carbons (Fsp3) is 0.320. The number of aromatic nitrogens is 1. The van der Waals surface area contributed by atoms with Crippen molar-refractivity contribution in [3.63, 3.8) is 0 Å². The summed E-state index contributed by atoms with van der Waals surface area (Å²) in [5.74, 6) is -0.450. The second-order valence-electron chi connectivity index (χ2n) is 8.45. The number of carbonyl (C=O) groups excluding carboxylic acids is 1. The van der Waals surface area contributed by atoms with Gasteiger partial charge in [-0.15, -0.1) is 0 Å². The van der Waals surface area contributed by atoms with Crippen LogP contribution in [0.1, 0.15) is 22.8 Å². The summed E-state index contributed by atoms with van der Waals surface area (Å²) < 4.78 is 2.06. The minimum atomic E-state index is -0.450. The van der Waals surface area contributed by atoms with Gasteiger partial charge >= 0.3 is 0 Å². The van der Waals surface area contributed by atoms with Crippen molar-refractivity contribution in [2.24, 2.45) is 10.7 Å². The number of fused-ring (bicyclic) bond motifs is 2. The SMILES string of the molecule is CCn1ccc(=O)c2cc(-c3cc(N(C)CCN(C)C)c(C(N)=O)c4c3N=CC4)ccc21. The Kier molecular flexibility index (Phi) is 5.84. The molecule has 1 aliphatic rings. The molecule has 0 saturated carbocycles. The zero-order chi connectivity index (χ0) is 23.0. The Labute approximate surface area is 187 Å². The zero-order valence-corrected chi connectivity index (χ0v) is 19.1. The number of anilines is 1. The molecule has 32 heavy (non-hydrogen) atoms. The van der Waals surface area contributed by atoms with E-state index < -0.39 is 5.91 Å². The first-order valence-electron chi connectivity index (χ1n) is 10.8. The van der Waals surface area contributed by atoms with Crippen molar-refractivity contribution >= 4 is 34.4 Å². The molecule has 1 aromatic heterocycles. The quantitative estimate of drug-likeness (QED) is 0.623. The van der Waals surface area contributed by atoms with Gasteiger partial charge in [-0.25, -0.2) is 0 Å². The van der Waals surface area contributed by atoms with Crippen LogP contribution in [0.15, 0.2) is 46.3 Å². The third kappa shape index (κ3) is 3.80. The molecular weight excluding hydrogens is 402 g/mol. The monoisotopic (exact) mass is 431 g/mol. The van der Waals surface area contributed by atoms with E-state index in [-0.39, 0.29) is 5.43 Å². The van der Waals surface area contributed by atoms with Gasteiger partial charge in [0.25, 0.3) is 5.91 Å². The van der Waals surface area contributed by atoms with Crippen molar-refractivity contribution in [2.75, 3.05) is 39.1 Å². The predicted molar refractivity (Wildman–Crippen MR) is 132 cm³/mol. The second-order valence-corrected chi connectivity index (χ2v) is 8.45. The molecule has 2 aromatic carbocycles. The maximum absolute atomic E-state index is 12.6. The minimum absolute atomic E-state index is 0.0104. The van der Waals surface area contributed by atoms with Crippen LogP contribution in [0.4, 0.5) is 11.4 Å². The molecule has 0 bridgehead atoms. The van der Waals surface area contributed by atoms with Gasteiger partial charge in [-0.05, 0) is 50.3 Å². The molecule has 4 rings (SSSR count). The maximum Gasteiger partial charge on any atom is 0.251 e. The summed E-state index contributed by atoms with van der Waals surface area (Å²) in [4.78, 5) is 33.8. The van der Waals surface area contributed by atoms with Gasteiger partial charge in [0.05, 0.1) is 22.5 Å². The van der Waals surface area contributed by atoms with E-state index in [1.807, 2.05) is 57.8 Å². The molecule has 0 saturated heterocycles. The molecule has 7 nitrogen and oxygen atoms in total. The molecular formula is C25H29N5O2. The average Bonchev–Trinajstić information content (AvgIpc) is 3.26. The molecule has 1 amide bonds. The van der Waals surface area contributed by atoms with Crippen LogP contribution in [0.3, 0.4) is 0 Å². The third-order valence-corrected chi connectivity index (χ3v) is 6.06. The molecule has 2 heterocycles. The lowest BCUT2D eigenvalue weighted by Crippen LogP contribution is -2.30. The van der Waals surface area contributed by atoms with Gasteiger partial charge in [0.15, 0.2) is 5.43 Å². The van der Waals surface area contributed by atoms with E-state index in [1.54, 1.807) is 6.07 Å². The van der Waals surface area contributed by atoms with E-state index in [1.165, 1.54) is 0 Å². The number of amides is 1. The summed E-state index contributed by atoms with van der Waals surface area (Å²) in [6.45, 7) is 4.41. The fourth-order valence-corrected chi connectivity index (χ4v) is 4.31. The molecule has 0 spiro atoms. The average molecular weight is 432 g/mol. The number of aliphatic imine (C=N–C) groups is 1. The topological polar surface area (TPSA) is 83.9 Å². The Morgan fingerprint density at radius 3 is 2.62 bits per heavy atom. The third-order valence-electron chi connectivity index (χ3n) is 6.06. The number of nitrogens with zero attached hydrogens (tertiary/aromatic N) is 4. The summed E-state index contributed by atoms with van der Waals surface area (Å²) >= 11 is 0.